The lowest BCUT2D eigenvalue weighted by atomic mass is 10.1. The van der Waals surface area contributed by atoms with Crippen LogP contribution in [0.5, 0.6) is 0 Å². The standard InChI is InChI=1S/C16H16BrN3O/c1-3-20-10-14(17)8-15(20)16(21)19-11(2)13-6-4-12(9-18)5-7-13/h4-8,10-11H,3H2,1-2H3,(H,19,21). The van der Waals surface area contributed by atoms with Crippen LogP contribution in [0.25, 0.3) is 0 Å². The van der Waals surface area contributed by atoms with E-state index in [9.17, 15) is 4.79 Å². The first-order chi connectivity index (χ1) is 10.0. The Morgan fingerprint density at radius 2 is 2.10 bits per heavy atom. The topological polar surface area (TPSA) is 57.8 Å². The molecule has 1 unspecified atom stereocenters. The lowest BCUT2D eigenvalue weighted by molar-refractivity contribution is 0.0930. The summed E-state index contributed by atoms with van der Waals surface area (Å²) in [6.45, 7) is 4.65. The molecule has 1 aromatic carbocycles. The molecule has 2 aromatic rings. The predicted octanol–water partition coefficient (Wildman–Crippen LogP) is 3.63. The molecule has 1 amide bonds. The molecule has 1 aromatic heterocycles. The molecule has 0 spiro atoms. The molecule has 0 radical (unpaired) electrons. The number of carbonyl (C=O) groups is 1. The summed E-state index contributed by atoms with van der Waals surface area (Å²) in [5, 5.41) is 11.8. The number of nitrogens with one attached hydrogen (secondary N) is 1. The van der Waals surface area contributed by atoms with Crippen LogP contribution in [0.15, 0.2) is 41.0 Å². The minimum atomic E-state index is -0.121. The summed E-state index contributed by atoms with van der Waals surface area (Å²) in [7, 11) is 0. The van der Waals surface area contributed by atoms with Gasteiger partial charge < -0.3 is 9.88 Å². The lowest BCUT2D eigenvalue weighted by Crippen LogP contribution is -2.28. The first-order valence-electron chi connectivity index (χ1n) is 6.71. The van der Waals surface area contributed by atoms with Crippen LogP contribution in [-0.4, -0.2) is 10.5 Å². The summed E-state index contributed by atoms with van der Waals surface area (Å²) in [5.41, 5.74) is 2.21. The van der Waals surface area contributed by atoms with Crippen molar-refractivity contribution >= 4 is 21.8 Å². The number of benzene rings is 1. The number of carbonyl (C=O) groups excluding carboxylic acids is 1. The van der Waals surface area contributed by atoms with Gasteiger partial charge >= 0.3 is 0 Å². The van der Waals surface area contributed by atoms with Gasteiger partial charge in [0.2, 0.25) is 0 Å². The van der Waals surface area contributed by atoms with Crippen LogP contribution < -0.4 is 5.32 Å². The Morgan fingerprint density at radius 1 is 1.43 bits per heavy atom. The van der Waals surface area contributed by atoms with E-state index in [1.165, 1.54) is 0 Å². The molecule has 108 valence electrons. The SMILES string of the molecule is CCn1cc(Br)cc1C(=O)NC(C)c1ccc(C#N)cc1. The molecule has 0 aliphatic heterocycles. The smallest absolute Gasteiger partial charge is 0.268 e. The van der Waals surface area contributed by atoms with Crippen LogP contribution >= 0.6 is 15.9 Å². The maximum absolute atomic E-state index is 12.3. The highest BCUT2D eigenvalue weighted by Crippen LogP contribution is 2.17. The van der Waals surface area contributed by atoms with Crippen molar-refractivity contribution in [3.05, 3.63) is 57.8 Å². The molecule has 21 heavy (non-hydrogen) atoms. The zero-order valence-corrected chi connectivity index (χ0v) is 13.5. The van der Waals surface area contributed by atoms with E-state index in [2.05, 4.69) is 27.3 Å². The first kappa shape index (κ1) is 15.3. The van der Waals surface area contributed by atoms with Gasteiger partial charge in [0.05, 0.1) is 17.7 Å². The van der Waals surface area contributed by atoms with Crippen molar-refractivity contribution in [1.82, 2.24) is 9.88 Å². The molecular formula is C16H16BrN3O. The van der Waals surface area contributed by atoms with Crippen LogP contribution in [0.4, 0.5) is 0 Å². The zero-order chi connectivity index (χ0) is 15.4. The van der Waals surface area contributed by atoms with E-state index in [-0.39, 0.29) is 11.9 Å². The van der Waals surface area contributed by atoms with Crippen LogP contribution in [0.2, 0.25) is 0 Å². The Bertz CT molecular complexity index is 683. The Labute approximate surface area is 132 Å². The first-order valence-corrected chi connectivity index (χ1v) is 7.51. The highest BCUT2D eigenvalue weighted by Gasteiger charge is 2.15. The molecule has 1 N–H and O–H groups in total. The van der Waals surface area contributed by atoms with Gasteiger partial charge in [-0.15, -0.1) is 0 Å². The van der Waals surface area contributed by atoms with Crippen molar-refractivity contribution in [2.24, 2.45) is 0 Å². The van der Waals surface area contributed by atoms with Crippen molar-refractivity contribution in [3.63, 3.8) is 0 Å². The molecule has 0 aliphatic rings. The second-order valence-corrected chi connectivity index (χ2v) is 5.67. The second kappa shape index (κ2) is 6.59. The lowest BCUT2D eigenvalue weighted by Gasteiger charge is -2.15. The Balaban J connectivity index is 2.12. The molecular weight excluding hydrogens is 330 g/mol. The van der Waals surface area contributed by atoms with Gasteiger partial charge in [-0.25, -0.2) is 0 Å². The Morgan fingerprint density at radius 3 is 2.67 bits per heavy atom. The maximum Gasteiger partial charge on any atom is 0.268 e. The number of rotatable bonds is 4. The van der Waals surface area contributed by atoms with Crippen LogP contribution in [-0.2, 0) is 6.54 Å². The zero-order valence-electron chi connectivity index (χ0n) is 11.9. The monoisotopic (exact) mass is 345 g/mol. The molecule has 0 saturated carbocycles. The number of halogens is 1. The van der Waals surface area contributed by atoms with Crippen LogP contribution in [0.3, 0.4) is 0 Å². The van der Waals surface area contributed by atoms with Crippen LogP contribution in [0.1, 0.15) is 41.5 Å². The molecule has 2 rings (SSSR count). The summed E-state index contributed by atoms with van der Waals surface area (Å²) in [4.78, 5) is 12.3. The van der Waals surface area contributed by atoms with Crippen molar-refractivity contribution in [3.8, 4) is 6.07 Å². The third-order valence-electron chi connectivity index (χ3n) is 3.32. The van der Waals surface area contributed by atoms with E-state index in [0.29, 0.717) is 11.3 Å². The second-order valence-electron chi connectivity index (χ2n) is 4.76. The molecule has 5 heteroatoms. The number of aromatic nitrogens is 1. The van der Waals surface area contributed by atoms with E-state index in [1.54, 1.807) is 12.1 Å². The van der Waals surface area contributed by atoms with Crippen LogP contribution in [0, 0.1) is 11.3 Å². The van der Waals surface area contributed by atoms with Gasteiger partial charge in [0.15, 0.2) is 0 Å². The molecule has 0 fully saturated rings. The van der Waals surface area contributed by atoms with Gasteiger partial charge in [-0.1, -0.05) is 12.1 Å². The fraction of sp³-hybridized carbons (Fsp3) is 0.250. The summed E-state index contributed by atoms with van der Waals surface area (Å²) in [6, 6.07) is 11.0. The highest BCUT2D eigenvalue weighted by molar-refractivity contribution is 9.10. The summed E-state index contributed by atoms with van der Waals surface area (Å²) < 4.78 is 2.78. The number of nitriles is 1. The van der Waals surface area contributed by atoms with Gasteiger partial charge in [0.25, 0.3) is 5.91 Å². The van der Waals surface area contributed by atoms with Crippen molar-refractivity contribution < 1.29 is 4.79 Å². The minimum absolute atomic E-state index is 0.112. The number of aryl methyl sites for hydroxylation is 1. The van der Waals surface area contributed by atoms with E-state index >= 15 is 0 Å². The van der Waals surface area contributed by atoms with E-state index in [1.807, 2.05) is 42.8 Å². The Kier molecular flexibility index (Phi) is 4.81. The van der Waals surface area contributed by atoms with Gasteiger partial charge in [-0.2, -0.15) is 5.26 Å². The highest BCUT2D eigenvalue weighted by atomic mass is 79.9. The molecule has 0 bridgehead atoms. The number of hydrogen-bond donors (Lipinski definition) is 1. The van der Waals surface area contributed by atoms with Crippen molar-refractivity contribution in [2.75, 3.05) is 0 Å². The predicted molar refractivity (Wildman–Crippen MR) is 84.8 cm³/mol. The fourth-order valence-electron chi connectivity index (χ4n) is 2.13. The minimum Gasteiger partial charge on any atom is -0.344 e. The quantitative estimate of drug-likeness (QED) is 0.919. The Hall–Kier alpha value is -2.06. The molecule has 0 saturated heterocycles. The largest absolute Gasteiger partial charge is 0.344 e. The molecule has 1 heterocycles. The van der Waals surface area contributed by atoms with Gasteiger partial charge in [0.1, 0.15) is 5.69 Å². The van der Waals surface area contributed by atoms with Gasteiger partial charge in [-0.3, -0.25) is 4.79 Å². The normalized spacial score (nSPS) is 11.7. The van der Waals surface area contributed by atoms with E-state index in [4.69, 9.17) is 5.26 Å². The number of hydrogen-bond acceptors (Lipinski definition) is 2. The third-order valence-corrected chi connectivity index (χ3v) is 3.76. The molecule has 0 aliphatic carbocycles. The average Bonchev–Trinajstić information content (AvgIpc) is 2.88. The molecule has 4 nitrogen and oxygen atoms in total. The fourth-order valence-corrected chi connectivity index (χ4v) is 2.59. The number of nitrogens with zero attached hydrogens (tertiary/aromatic N) is 2. The average molecular weight is 346 g/mol. The van der Waals surface area contributed by atoms with Gasteiger partial charge in [-0.05, 0) is 53.5 Å². The maximum atomic E-state index is 12.3. The van der Waals surface area contributed by atoms with E-state index in [0.717, 1.165) is 16.6 Å². The summed E-state index contributed by atoms with van der Waals surface area (Å²) in [6.07, 6.45) is 1.89. The summed E-state index contributed by atoms with van der Waals surface area (Å²) >= 11 is 3.39. The van der Waals surface area contributed by atoms with Crippen molar-refractivity contribution in [2.45, 2.75) is 26.4 Å². The van der Waals surface area contributed by atoms with Crippen molar-refractivity contribution in [1.29, 1.82) is 5.26 Å². The molecule has 1 atom stereocenters. The van der Waals surface area contributed by atoms with Gasteiger partial charge in [0, 0.05) is 17.2 Å². The van der Waals surface area contributed by atoms with E-state index < -0.39 is 0 Å². The third kappa shape index (κ3) is 3.53. The summed E-state index contributed by atoms with van der Waals surface area (Å²) in [5.74, 6) is -0.112. The number of amides is 1.